The molecule has 5 nitrogen and oxygen atoms in total. The van der Waals surface area contributed by atoms with Gasteiger partial charge >= 0.3 is 0 Å². The van der Waals surface area contributed by atoms with Crippen LogP contribution in [-0.2, 0) is 6.42 Å². The molecular weight excluding hydrogens is 250 g/mol. The molecule has 0 bridgehead atoms. The van der Waals surface area contributed by atoms with Gasteiger partial charge in [0.25, 0.3) is 0 Å². The highest BCUT2D eigenvalue weighted by Crippen LogP contribution is 2.20. The summed E-state index contributed by atoms with van der Waals surface area (Å²) in [5, 5.41) is 3.36. The average Bonchev–Trinajstić information content (AvgIpc) is 2.56. The smallest absolute Gasteiger partial charge is 0.133 e. The lowest BCUT2D eigenvalue weighted by atomic mass is 10.2. The maximum absolute atomic E-state index is 4.66. The van der Waals surface area contributed by atoms with Crippen molar-refractivity contribution in [2.24, 2.45) is 0 Å². The fraction of sp³-hybridized carbons (Fsp3) is 0.400. The van der Waals surface area contributed by atoms with Gasteiger partial charge in [-0.15, -0.1) is 0 Å². The zero-order valence-corrected chi connectivity index (χ0v) is 11.7. The lowest BCUT2D eigenvalue weighted by Crippen LogP contribution is -2.44. The average molecular weight is 269 g/mol. The van der Waals surface area contributed by atoms with E-state index in [1.807, 2.05) is 24.3 Å². The number of pyridine rings is 1. The zero-order valence-electron chi connectivity index (χ0n) is 11.7. The molecule has 0 aliphatic carbocycles. The summed E-state index contributed by atoms with van der Waals surface area (Å²) in [7, 11) is 0. The molecule has 0 amide bonds. The van der Waals surface area contributed by atoms with Crippen LogP contribution in [0, 0.1) is 0 Å². The Balaban J connectivity index is 1.98. The molecule has 0 saturated carbocycles. The molecule has 3 rings (SSSR count). The van der Waals surface area contributed by atoms with E-state index in [4.69, 9.17) is 0 Å². The van der Waals surface area contributed by atoms with Gasteiger partial charge in [-0.1, -0.05) is 13.0 Å². The standard InChI is InChI=1S/C15H19N5/c1-2-14-18-13(12-5-3-4-6-17-12)11-15(19-14)20-9-7-16-8-10-20/h3-6,11,16H,2,7-10H2,1H3. The van der Waals surface area contributed by atoms with Crippen LogP contribution in [0.1, 0.15) is 12.7 Å². The van der Waals surface area contributed by atoms with Crippen LogP contribution in [0.2, 0.25) is 0 Å². The van der Waals surface area contributed by atoms with E-state index in [-0.39, 0.29) is 0 Å². The van der Waals surface area contributed by atoms with Gasteiger partial charge in [0.15, 0.2) is 0 Å². The van der Waals surface area contributed by atoms with Gasteiger partial charge in [0, 0.05) is 44.9 Å². The molecule has 20 heavy (non-hydrogen) atoms. The van der Waals surface area contributed by atoms with E-state index in [9.17, 15) is 0 Å². The van der Waals surface area contributed by atoms with Crippen molar-refractivity contribution in [3.63, 3.8) is 0 Å². The fourth-order valence-electron chi connectivity index (χ4n) is 2.34. The van der Waals surface area contributed by atoms with Gasteiger partial charge in [-0.05, 0) is 12.1 Å². The third kappa shape index (κ3) is 2.77. The minimum absolute atomic E-state index is 0.833. The molecule has 2 aromatic heterocycles. The predicted octanol–water partition coefficient (Wildman–Crippen LogP) is 1.51. The van der Waals surface area contributed by atoms with E-state index in [0.717, 1.165) is 55.6 Å². The van der Waals surface area contributed by atoms with E-state index in [0.29, 0.717) is 0 Å². The molecule has 5 heteroatoms. The topological polar surface area (TPSA) is 53.9 Å². The molecule has 0 spiro atoms. The van der Waals surface area contributed by atoms with Crippen molar-refractivity contribution in [3.8, 4) is 11.4 Å². The summed E-state index contributed by atoms with van der Waals surface area (Å²) in [5.41, 5.74) is 1.81. The number of hydrogen-bond acceptors (Lipinski definition) is 5. The van der Waals surface area contributed by atoms with E-state index in [1.54, 1.807) is 6.20 Å². The van der Waals surface area contributed by atoms with E-state index >= 15 is 0 Å². The van der Waals surface area contributed by atoms with Gasteiger partial charge in [0.05, 0.1) is 11.4 Å². The number of rotatable bonds is 3. The quantitative estimate of drug-likeness (QED) is 0.915. The molecule has 0 unspecified atom stereocenters. The molecule has 2 aromatic rings. The van der Waals surface area contributed by atoms with E-state index in [1.165, 1.54) is 0 Å². The van der Waals surface area contributed by atoms with E-state index < -0.39 is 0 Å². The number of aryl methyl sites for hydroxylation is 1. The van der Waals surface area contributed by atoms with Crippen LogP contribution in [0.15, 0.2) is 30.5 Å². The molecule has 0 atom stereocenters. The Hall–Kier alpha value is -2.01. The van der Waals surface area contributed by atoms with Gasteiger partial charge in [-0.2, -0.15) is 0 Å². The highest BCUT2D eigenvalue weighted by Gasteiger charge is 2.14. The lowest BCUT2D eigenvalue weighted by Gasteiger charge is -2.28. The first-order valence-electron chi connectivity index (χ1n) is 7.12. The van der Waals surface area contributed by atoms with Crippen molar-refractivity contribution < 1.29 is 0 Å². The van der Waals surface area contributed by atoms with Crippen LogP contribution in [0.5, 0.6) is 0 Å². The summed E-state index contributed by atoms with van der Waals surface area (Å²) >= 11 is 0. The van der Waals surface area contributed by atoms with E-state index in [2.05, 4.69) is 32.1 Å². The molecule has 3 heterocycles. The molecular formula is C15H19N5. The predicted molar refractivity (Wildman–Crippen MR) is 79.7 cm³/mol. The third-order valence-corrected chi connectivity index (χ3v) is 3.44. The summed E-state index contributed by atoms with van der Waals surface area (Å²) in [5.74, 6) is 1.89. The molecule has 104 valence electrons. The van der Waals surface area contributed by atoms with Gasteiger partial charge in [0.1, 0.15) is 11.6 Å². The largest absolute Gasteiger partial charge is 0.354 e. The van der Waals surface area contributed by atoms with Crippen LogP contribution in [0.25, 0.3) is 11.4 Å². The molecule has 1 aliphatic rings. The second-order valence-corrected chi connectivity index (χ2v) is 4.83. The summed E-state index contributed by atoms with van der Waals surface area (Å²) in [6, 6.07) is 7.94. The Kier molecular flexibility index (Phi) is 3.87. The second kappa shape index (κ2) is 5.96. The Morgan fingerprint density at radius 3 is 2.70 bits per heavy atom. The third-order valence-electron chi connectivity index (χ3n) is 3.44. The van der Waals surface area contributed by atoms with Crippen LogP contribution >= 0.6 is 0 Å². The van der Waals surface area contributed by atoms with Crippen molar-refractivity contribution in [2.45, 2.75) is 13.3 Å². The maximum Gasteiger partial charge on any atom is 0.133 e. The summed E-state index contributed by atoms with van der Waals surface area (Å²) in [6.07, 6.45) is 2.63. The van der Waals surface area contributed by atoms with Crippen LogP contribution < -0.4 is 10.2 Å². The SMILES string of the molecule is CCc1nc(-c2ccccn2)cc(N2CCNCC2)n1. The van der Waals surface area contributed by atoms with Crippen LogP contribution in [0.4, 0.5) is 5.82 Å². The van der Waals surface area contributed by atoms with Crippen LogP contribution in [0.3, 0.4) is 0 Å². The number of hydrogen-bond donors (Lipinski definition) is 1. The Labute approximate surface area is 119 Å². The minimum atomic E-state index is 0.833. The van der Waals surface area contributed by atoms with Gasteiger partial charge in [-0.3, -0.25) is 4.98 Å². The molecule has 0 aromatic carbocycles. The summed E-state index contributed by atoms with van der Waals surface area (Å²) in [6.45, 7) is 6.07. The van der Waals surface area contributed by atoms with Crippen molar-refractivity contribution >= 4 is 5.82 Å². The Morgan fingerprint density at radius 1 is 1.15 bits per heavy atom. The number of nitrogens with one attached hydrogen (secondary N) is 1. The zero-order chi connectivity index (χ0) is 13.8. The Morgan fingerprint density at radius 2 is 2.00 bits per heavy atom. The van der Waals surface area contributed by atoms with Crippen LogP contribution in [-0.4, -0.2) is 41.1 Å². The number of anilines is 1. The molecule has 1 saturated heterocycles. The molecule has 1 aliphatic heterocycles. The second-order valence-electron chi connectivity index (χ2n) is 4.83. The molecule has 1 N–H and O–H groups in total. The van der Waals surface area contributed by atoms with Gasteiger partial charge < -0.3 is 10.2 Å². The molecule has 1 fully saturated rings. The number of nitrogens with zero attached hydrogens (tertiary/aromatic N) is 4. The first kappa shape index (κ1) is 13.0. The summed E-state index contributed by atoms with van der Waals surface area (Å²) in [4.78, 5) is 16.0. The number of aromatic nitrogens is 3. The fourth-order valence-corrected chi connectivity index (χ4v) is 2.34. The van der Waals surface area contributed by atoms with Crippen molar-refractivity contribution in [1.29, 1.82) is 0 Å². The van der Waals surface area contributed by atoms with Gasteiger partial charge in [0.2, 0.25) is 0 Å². The van der Waals surface area contributed by atoms with Crippen molar-refractivity contribution in [2.75, 3.05) is 31.1 Å². The lowest BCUT2D eigenvalue weighted by molar-refractivity contribution is 0.583. The number of piperazine rings is 1. The van der Waals surface area contributed by atoms with Crippen molar-refractivity contribution in [1.82, 2.24) is 20.3 Å². The molecule has 0 radical (unpaired) electrons. The highest BCUT2D eigenvalue weighted by atomic mass is 15.2. The maximum atomic E-state index is 4.66. The first-order valence-corrected chi connectivity index (χ1v) is 7.12. The highest BCUT2D eigenvalue weighted by molar-refractivity contribution is 5.59. The van der Waals surface area contributed by atoms with Crippen molar-refractivity contribution in [3.05, 3.63) is 36.3 Å². The van der Waals surface area contributed by atoms with Gasteiger partial charge in [-0.25, -0.2) is 9.97 Å². The summed E-state index contributed by atoms with van der Waals surface area (Å²) < 4.78 is 0. The minimum Gasteiger partial charge on any atom is -0.354 e. The Bertz CT molecular complexity index is 564. The normalized spacial score (nSPS) is 15.3. The monoisotopic (exact) mass is 269 g/mol. The first-order chi connectivity index (χ1) is 9.86.